The van der Waals surface area contributed by atoms with Crippen molar-refractivity contribution in [2.75, 3.05) is 46.6 Å². The van der Waals surface area contributed by atoms with E-state index in [0.29, 0.717) is 38.8 Å². The van der Waals surface area contributed by atoms with Crippen molar-refractivity contribution < 1.29 is 19.0 Å². The smallest absolute Gasteiger partial charge is 0.220 e. The molecule has 33 heavy (non-hydrogen) atoms. The summed E-state index contributed by atoms with van der Waals surface area (Å²) in [4.78, 5) is 14.5. The zero-order valence-electron chi connectivity index (χ0n) is 19.8. The van der Waals surface area contributed by atoms with E-state index in [1.165, 1.54) is 5.56 Å². The molecule has 0 spiro atoms. The zero-order valence-corrected chi connectivity index (χ0v) is 19.8. The van der Waals surface area contributed by atoms with Crippen molar-refractivity contribution in [2.45, 2.75) is 44.7 Å². The van der Waals surface area contributed by atoms with Crippen molar-refractivity contribution in [1.82, 2.24) is 10.2 Å². The summed E-state index contributed by atoms with van der Waals surface area (Å²) in [6, 6.07) is 18.8. The van der Waals surface area contributed by atoms with E-state index < -0.39 is 0 Å². The van der Waals surface area contributed by atoms with Crippen LogP contribution in [0.4, 0.5) is 0 Å². The van der Waals surface area contributed by atoms with Crippen LogP contribution in [0.2, 0.25) is 0 Å². The van der Waals surface area contributed by atoms with Crippen LogP contribution in [0.15, 0.2) is 54.6 Å². The van der Waals surface area contributed by atoms with Crippen molar-refractivity contribution in [1.29, 1.82) is 0 Å². The number of benzene rings is 2. The molecule has 0 aliphatic carbocycles. The van der Waals surface area contributed by atoms with Gasteiger partial charge in [-0.05, 0) is 56.0 Å². The zero-order chi connectivity index (χ0) is 23.1. The number of nitrogens with zero attached hydrogens (tertiary/aromatic N) is 1. The minimum absolute atomic E-state index is 0.0473. The average Bonchev–Trinajstić information content (AvgIpc) is 2.86. The van der Waals surface area contributed by atoms with Gasteiger partial charge in [0.05, 0.1) is 6.61 Å². The Labute approximate surface area is 198 Å². The van der Waals surface area contributed by atoms with Crippen molar-refractivity contribution in [2.24, 2.45) is 0 Å². The molecule has 3 rings (SSSR count). The summed E-state index contributed by atoms with van der Waals surface area (Å²) in [5.41, 5.74) is 2.31. The first-order valence-electron chi connectivity index (χ1n) is 12.1. The Morgan fingerprint density at radius 3 is 2.64 bits per heavy atom. The first kappa shape index (κ1) is 25.2. The molecule has 1 amide bonds. The van der Waals surface area contributed by atoms with Crippen molar-refractivity contribution in [3.8, 4) is 5.75 Å². The summed E-state index contributed by atoms with van der Waals surface area (Å²) in [6.07, 6.45) is 4.28. The van der Waals surface area contributed by atoms with Crippen molar-refractivity contribution in [3.63, 3.8) is 0 Å². The first-order valence-corrected chi connectivity index (χ1v) is 12.1. The number of amides is 1. The van der Waals surface area contributed by atoms with Gasteiger partial charge in [-0.3, -0.25) is 9.69 Å². The Kier molecular flexibility index (Phi) is 11.2. The third-order valence-corrected chi connectivity index (χ3v) is 5.99. The molecule has 0 radical (unpaired) electrons. The molecule has 1 aliphatic rings. The summed E-state index contributed by atoms with van der Waals surface area (Å²) in [5, 5.41) is 2.99. The van der Waals surface area contributed by atoms with Gasteiger partial charge in [0.15, 0.2) is 0 Å². The van der Waals surface area contributed by atoms with E-state index in [9.17, 15) is 4.79 Å². The lowest BCUT2D eigenvalue weighted by Crippen LogP contribution is -2.38. The van der Waals surface area contributed by atoms with Gasteiger partial charge in [-0.15, -0.1) is 0 Å². The molecular formula is C27H38N2O4. The SMILES string of the molecule is CN(CCOc1cccc(CNC(=O)CCCOCCc2ccccc2)c1)C1CCOCC1. The Hall–Kier alpha value is -2.41. The summed E-state index contributed by atoms with van der Waals surface area (Å²) < 4.78 is 17.0. The standard InChI is InChI=1S/C27H38N2O4/c1-29(25-13-18-32-19-14-25)15-20-33-26-10-5-9-24(21-26)22-28-27(30)11-6-16-31-17-12-23-7-3-2-4-8-23/h2-5,7-10,21,25H,6,11-20,22H2,1H3,(H,28,30). The van der Waals surface area contributed by atoms with E-state index in [4.69, 9.17) is 14.2 Å². The lowest BCUT2D eigenvalue weighted by atomic mass is 10.1. The van der Waals surface area contributed by atoms with Gasteiger partial charge in [-0.2, -0.15) is 0 Å². The molecule has 1 heterocycles. The molecule has 6 heteroatoms. The minimum Gasteiger partial charge on any atom is -0.492 e. The van der Waals surface area contributed by atoms with Gasteiger partial charge >= 0.3 is 0 Å². The summed E-state index contributed by atoms with van der Waals surface area (Å²) in [5.74, 6) is 0.889. The molecule has 180 valence electrons. The molecule has 0 bridgehead atoms. The topological polar surface area (TPSA) is 60.0 Å². The van der Waals surface area contributed by atoms with Crippen LogP contribution in [-0.4, -0.2) is 63.5 Å². The maximum absolute atomic E-state index is 12.1. The largest absolute Gasteiger partial charge is 0.492 e. The molecular weight excluding hydrogens is 416 g/mol. The van der Waals surface area contributed by atoms with Crippen LogP contribution in [0, 0.1) is 0 Å². The third kappa shape index (κ3) is 9.95. The number of likely N-dealkylation sites (N-methyl/N-ethyl adjacent to an activating group) is 1. The van der Waals surface area contributed by atoms with Gasteiger partial charge in [-0.25, -0.2) is 0 Å². The Morgan fingerprint density at radius 2 is 1.82 bits per heavy atom. The second-order valence-electron chi connectivity index (χ2n) is 8.55. The number of rotatable bonds is 14. The highest BCUT2D eigenvalue weighted by molar-refractivity contribution is 5.75. The molecule has 0 saturated carbocycles. The molecule has 1 saturated heterocycles. The maximum atomic E-state index is 12.1. The van der Waals surface area contributed by atoms with Gasteiger partial charge in [-0.1, -0.05) is 42.5 Å². The van der Waals surface area contributed by atoms with Crippen molar-refractivity contribution in [3.05, 3.63) is 65.7 Å². The molecule has 6 nitrogen and oxygen atoms in total. The third-order valence-electron chi connectivity index (χ3n) is 5.99. The first-order chi connectivity index (χ1) is 16.2. The highest BCUT2D eigenvalue weighted by Crippen LogP contribution is 2.15. The van der Waals surface area contributed by atoms with Gasteiger partial charge in [0, 0.05) is 45.4 Å². The van der Waals surface area contributed by atoms with Crippen LogP contribution in [0.3, 0.4) is 0 Å². The van der Waals surface area contributed by atoms with Crippen molar-refractivity contribution >= 4 is 5.91 Å². The summed E-state index contributed by atoms with van der Waals surface area (Å²) in [6.45, 7) is 5.03. The Balaban J connectivity index is 1.25. The number of carbonyl (C=O) groups is 1. The average molecular weight is 455 g/mol. The second kappa shape index (κ2) is 14.7. The number of nitrogens with one attached hydrogen (secondary N) is 1. The summed E-state index contributed by atoms with van der Waals surface area (Å²) >= 11 is 0. The molecule has 0 unspecified atom stereocenters. The van der Waals surface area contributed by atoms with E-state index in [1.54, 1.807) is 0 Å². The van der Waals surface area contributed by atoms with Crippen LogP contribution in [0.25, 0.3) is 0 Å². The quantitative estimate of drug-likeness (QED) is 0.440. The van der Waals surface area contributed by atoms with Gasteiger partial charge in [0.25, 0.3) is 0 Å². The highest BCUT2D eigenvalue weighted by atomic mass is 16.5. The lowest BCUT2D eigenvalue weighted by molar-refractivity contribution is -0.121. The molecule has 0 aromatic heterocycles. The van der Waals surface area contributed by atoms with E-state index in [-0.39, 0.29) is 5.91 Å². The van der Waals surface area contributed by atoms with Crippen LogP contribution < -0.4 is 10.1 Å². The molecule has 2 aromatic rings. The second-order valence-corrected chi connectivity index (χ2v) is 8.55. The minimum atomic E-state index is 0.0473. The van der Waals surface area contributed by atoms with Gasteiger partial charge in [0.2, 0.25) is 5.91 Å². The Morgan fingerprint density at radius 1 is 1.03 bits per heavy atom. The van der Waals surface area contributed by atoms with E-state index in [0.717, 1.165) is 56.8 Å². The molecule has 0 atom stereocenters. The number of hydrogen-bond acceptors (Lipinski definition) is 5. The fraction of sp³-hybridized carbons (Fsp3) is 0.519. The fourth-order valence-corrected chi connectivity index (χ4v) is 3.92. The van der Waals surface area contributed by atoms with Gasteiger partial charge < -0.3 is 19.5 Å². The lowest BCUT2D eigenvalue weighted by Gasteiger charge is -2.31. The Bertz CT molecular complexity index is 809. The van der Waals surface area contributed by atoms with Crippen LogP contribution in [0.5, 0.6) is 5.75 Å². The van der Waals surface area contributed by atoms with Gasteiger partial charge in [0.1, 0.15) is 12.4 Å². The number of carbonyl (C=O) groups excluding carboxylic acids is 1. The summed E-state index contributed by atoms with van der Waals surface area (Å²) in [7, 11) is 2.15. The predicted octanol–water partition coefficient (Wildman–Crippen LogP) is 3.83. The van der Waals surface area contributed by atoms with Crippen LogP contribution in [0.1, 0.15) is 36.8 Å². The monoisotopic (exact) mass is 454 g/mol. The molecule has 2 aromatic carbocycles. The van der Waals surface area contributed by atoms with Crippen LogP contribution in [-0.2, 0) is 27.2 Å². The molecule has 1 N–H and O–H groups in total. The van der Waals surface area contributed by atoms with E-state index >= 15 is 0 Å². The maximum Gasteiger partial charge on any atom is 0.220 e. The highest BCUT2D eigenvalue weighted by Gasteiger charge is 2.17. The van der Waals surface area contributed by atoms with Crippen LogP contribution >= 0.6 is 0 Å². The molecule has 1 aliphatic heterocycles. The van der Waals surface area contributed by atoms with E-state index in [1.807, 2.05) is 42.5 Å². The van der Waals surface area contributed by atoms with E-state index in [2.05, 4.69) is 29.4 Å². The normalized spacial score (nSPS) is 14.4. The predicted molar refractivity (Wildman–Crippen MR) is 130 cm³/mol. The molecule has 1 fully saturated rings. The number of ether oxygens (including phenoxy) is 3. The fourth-order valence-electron chi connectivity index (χ4n) is 3.92. The number of hydrogen-bond donors (Lipinski definition) is 1.